The smallest absolute Gasteiger partial charge is 0.278 e. The van der Waals surface area contributed by atoms with Crippen LogP contribution in [0.25, 0.3) is 11.3 Å². The normalized spacial score (nSPS) is 10.8. The summed E-state index contributed by atoms with van der Waals surface area (Å²) < 4.78 is 16.8. The van der Waals surface area contributed by atoms with Crippen molar-refractivity contribution in [1.29, 1.82) is 5.26 Å². The van der Waals surface area contributed by atoms with Crippen molar-refractivity contribution in [3.8, 4) is 23.3 Å². The van der Waals surface area contributed by atoms with Gasteiger partial charge in [0.15, 0.2) is 6.61 Å². The number of carboxylic acid groups (broad SMARTS) is 1. The second kappa shape index (κ2) is 11.2. The van der Waals surface area contributed by atoms with Gasteiger partial charge in [-0.05, 0) is 35.0 Å². The van der Waals surface area contributed by atoms with Crippen LogP contribution in [0.2, 0.25) is 0 Å². The second-order valence-corrected chi connectivity index (χ2v) is 7.62. The molecule has 1 aromatic carbocycles. The van der Waals surface area contributed by atoms with Crippen molar-refractivity contribution >= 4 is 34.0 Å². The lowest BCUT2D eigenvalue weighted by Gasteiger charge is -2.13. The predicted molar refractivity (Wildman–Crippen MR) is 122 cm³/mol. The van der Waals surface area contributed by atoms with Gasteiger partial charge in [-0.1, -0.05) is 24.3 Å². The molecule has 0 unspecified atom stereocenters. The molecule has 2 heterocycles. The third-order valence-corrected chi connectivity index (χ3v) is 5.58. The fourth-order valence-corrected chi connectivity index (χ4v) is 3.39. The Hall–Kier alpha value is -4.01. The quantitative estimate of drug-likeness (QED) is 0.330. The number of amides is 1. The van der Waals surface area contributed by atoms with Gasteiger partial charge in [-0.3, -0.25) is 4.79 Å². The summed E-state index contributed by atoms with van der Waals surface area (Å²) in [6.45, 7) is 1.46. The minimum absolute atomic E-state index is 0.00651. The van der Waals surface area contributed by atoms with E-state index >= 15 is 0 Å². The topological polar surface area (TPSA) is 150 Å². The number of carboxylic acids is 1. The summed E-state index contributed by atoms with van der Waals surface area (Å²) in [5.74, 6) is -1.31. The van der Waals surface area contributed by atoms with Gasteiger partial charge < -0.3 is 23.8 Å². The van der Waals surface area contributed by atoms with Crippen molar-refractivity contribution in [2.45, 2.75) is 13.5 Å². The van der Waals surface area contributed by atoms with Crippen LogP contribution < -0.4 is 15.3 Å². The number of nitriles is 1. The van der Waals surface area contributed by atoms with Crippen molar-refractivity contribution in [2.24, 2.45) is 5.10 Å². The summed E-state index contributed by atoms with van der Waals surface area (Å²) in [7, 11) is 1.50. The molecule has 0 aliphatic heterocycles. The molecule has 0 radical (unpaired) electrons. The predicted octanol–water partition coefficient (Wildman–Crippen LogP) is 2.32. The lowest BCUT2D eigenvalue weighted by molar-refractivity contribution is -0.254. The molecule has 0 saturated carbocycles. The Labute approximate surface area is 202 Å². The molecule has 3 aromatic rings. The number of hydrogen-bond acceptors (Lipinski definition) is 9. The Morgan fingerprint density at radius 2 is 2.09 bits per heavy atom. The van der Waals surface area contributed by atoms with Gasteiger partial charge >= 0.3 is 0 Å². The number of methoxy groups -OCH3 is 1. The van der Waals surface area contributed by atoms with Crippen molar-refractivity contribution in [2.75, 3.05) is 13.7 Å². The maximum Gasteiger partial charge on any atom is 0.278 e. The van der Waals surface area contributed by atoms with Gasteiger partial charge in [0.2, 0.25) is 5.88 Å². The molecule has 174 valence electrons. The molecule has 1 amide bonds. The van der Waals surface area contributed by atoms with E-state index in [1.807, 2.05) is 6.07 Å². The lowest BCUT2D eigenvalue weighted by Crippen LogP contribution is -2.25. The number of pyridine rings is 1. The lowest BCUT2D eigenvalue weighted by atomic mass is 10.1. The summed E-state index contributed by atoms with van der Waals surface area (Å²) in [4.78, 5) is 27.6. The maximum absolute atomic E-state index is 12.1. The number of ether oxygens (including phenoxy) is 2. The molecule has 1 N–H and O–H groups in total. The van der Waals surface area contributed by atoms with E-state index in [9.17, 15) is 20.0 Å². The number of carbonyl (C=O) groups excluding carboxylic acids is 2. The number of aryl methyl sites for hydroxylation is 1. The highest BCUT2D eigenvalue weighted by Gasteiger charge is 2.18. The molecule has 0 atom stereocenters. The Morgan fingerprint density at radius 1 is 1.32 bits per heavy atom. The molecule has 0 aliphatic rings. The molecule has 0 aliphatic carbocycles. The molecule has 34 heavy (non-hydrogen) atoms. The SMILES string of the molecule is COCc1c(Br)c(C)nc(OCC(=O)N/N=C\c2ccc(-c3ccccc3C(=O)[O-])o2)c1C#N. The van der Waals surface area contributed by atoms with Gasteiger partial charge in [0.25, 0.3) is 5.91 Å². The first-order valence-electron chi connectivity index (χ1n) is 9.79. The number of aromatic carboxylic acids is 1. The number of furan rings is 1. The highest BCUT2D eigenvalue weighted by atomic mass is 79.9. The number of carbonyl (C=O) groups is 2. The van der Waals surface area contributed by atoms with Crippen molar-refractivity contribution < 1.29 is 28.6 Å². The monoisotopic (exact) mass is 525 g/mol. The molecule has 3 rings (SSSR count). The van der Waals surface area contributed by atoms with Gasteiger partial charge in [0.1, 0.15) is 23.2 Å². The van der Waals surface area contributed by atoms with E-state index in [-0.39, 0.29) is 29.4 Å². The van der Waals surface area contributed by atoms with Crippen LogP contribution in [0.4, 0.5) is 0 Å². The van der Waals surface area contributed by atoms with E-state index in [0.29, 0.717) is 27.1 Å². The van der Waals surface area contributed by atoms with Gasteiger partial charge in [-0.25, -0.2) is 10.4 Å². The first-order chi connectivity index (χ1) is 16.3. The van der Waals surface area contributed by atoms with E-state index in [1.54, 1.807) is 37.3 Å². The van der Waals surface area contributed by atoms with Crippen molar-refractivity contribution in [3.63, 3.8) is 0 Å². The number of benzene rings is 1. The van der Waals surface area contributed by atoms with Crippen molar-refractivity contribution in [1.82, 2.24) is 10.4 Å². The number of hydrogen-bond donors (Lipinski definition) is 1. The number of halogens is 1. The zero-order valence-corrected chi connectivity index (χ0v) is 19.7. The van der Waals surface area contributed by atoms with E-state index in [2.05, 4.69) is 31.4 Å². The van der Waals surface area contributed by atoms with Crippen LogP contribution in [-0.2, 0) is 16.1 Å². The summed E-state index contributed by atoms with van der Waals surface area (Å²) in [6.07, 6.45) is 1.25. The number of rotatable bonds is 9. The average Bonchev–Trinajstić information content (AvgIpc) is 3.29. The number of aromatic nitrogens is 1. The van der Waals surface area contributed by atoms with E-state index in [4.69, 9.17) is 13.9 Å². The fraction of sp³-hybridized carbons (Fsp3) is 0.174. The zero-order chi connectivity index (χ0) is 24.7. The first-order valence-corrected chi connectivity index (χ1v) is 10.6. The first kappa shape index (κ1) is 24.6. The summed E-state index contributed by atoms with van der Waals surface area (Å²) in [6, 6.07) is 11.4. The highest BCUT2D eigenvalue weighted by molar-refractivity contribution is 9.10. The second-order valence-electron chi connectivity index (χ2n) is 6.83. The van der Waals surface area contributed by atoms with Gasteiger partial charge in [-0.15, -0.1) is 0 Å². The largest absolute Gasteiger partial charge is 0.545 e. The molecular formula is C23H18BrN4O6-. The molecule has 0 fully saturated rings. The minimum atomic E-state index is -1.32. The third-order valence-electron chi connectivity index (χ3n) is 4.53. The molecule has 0 saturated heterocycles. The Kier molecular flexibility index (Phi) is 8.13. The van der Waals surface area contributed by atoms with Gasteiger partial charge in [0.05, 0.1) is 24.5 Å². The Morgan fingerprint density at radius 3 is 2.79 bits per heavy atom. The standard InChI is InChI=1S/C23H19BrN4O6/c1-13-21(24)18(11-32-2)17(9-25)22(27-13)33-12-20(29)28-26-10-14-7-8-19(34-14)15-5-3-4-6-16(15)23(30)31/h3-8,10H,11-12H2,1-2H3,(H,28,29)(H,30,31)/p-1/b26-10-. The van der Waals surface area contributed by atoms with Crippen LogP contribution in [0, 0.1) is 18.3 Å². The summed E-state index contributed by atoms with van der Waals surface area (Å²) in [5.41, 5.74) is 3.94. The fourth-order valence-electron chi connectivity index (χ4n) is 2.99. The highest BCUT2D eigenvalue weighted by Crippen LogP contribution is 2.30. The summed E-state index contributed by atoms with van der Waals surface area (Å²) >= 11 is 3.38. The zero-order valence-electron chi connectivity index (χ0n) is 18.1. The number of hydrazone groups is 1. The van der Waals surface area contributed by atoms with Crippen LogP contribution >= 0.6 is 15.9 Å². The summed E-state index contributed by atoms with van der Waals surface area (Å²) in [5, 5.41) is 24.6. The molecular weight excluding hydrogens is 508 g/mol. The van der Waals surface area contributed by atoms with Crippen molar-refractivity contribution in [3.05, 3.63) is 69.0 Å². The number of nitrogens with one attached hydrogen (secondary N) is 1. The Bertz CT molecular complexity index is 1300. The maximum atomic E-state index is 12.1. The van der Waals surface area contributed by atoms with Crippen LogP contribution in [0.3, 0.4) is 0 Å². The molecule has 2 aromatic heterocycles. The minimum Gasteiger partial charge on any atom is -0.545 e. The van der Waals surface area contributed by atoms with E-state index in [0.717, 1.165) is 0 Å². The molecule has 11 heteroatoms. The third kappa shape index (κ3) is 5.67. The van der Waals surface area contributed by atoms with Crippen LogP contribution in [0.5, 0.6) is 5.88 Å². The molecule has 10 nitrogen and oxygen atoms in total. The van der Waals surface area contributed by atoms with E-state index in [1.165, 1.54) is 19.4 Å². The van der Waals surface area contributed by atoms with E-state index < -0.39 is 18.5 Å². The van der Waals surface area contributed by atoms with Crippen LogP contribution in [0.15, 0.2) is 50.4 Å². The Balaban J connectivity index is 1.64. The molecule has 0 bridgehead atoms. The van der Waals surface area contributed by atoms with Crippen LogP contribution in [0.1, 0.15) is 32.9 Å². The molecule has 0 spiro atoms. The van der Waals surface area contributed by atoms with Crippen LogP contribution in [-0.4, -0.2) is 36.8 Å². The van der Waals surface area contributed by atoms with Gasteiger partial charge in [0, 0.05) is 28.3 Å². The number of nitrogens with zero attached hydrogens (tertiary/aromatic N) is 3. The average molecular weight is 526 g/mol. The van der Waals surface area contributed by atoms with Gasteiger partial charge in [-0.2, -0.15) is 10.4 Å².